The van der Waals surface area contributed by atoms with Crippen LogP contribution in [0.2, 0.25) is 0 Å². The van der Waals surface area contributed by atoms with Crippen molar-refractivity contribution < 1.29 is 4.79 Å². The summed E-state index contributed by atoms with van der Waals surface area (Å²) in [6.45, 7) is 5.03. The van der Waals surface area contributed by atoms with Gasteiger partial charge in [-0.3, -0.25) is 4.79 Å². The average Bonchev–Trinajstić information content (AvgIpc) is 2.56. The van der Waals surface area contributed by atoms with Crippen molar-refractivity contribution in [3.8, 4) is 0 Å². The summed E-state index contributed by atoms with van der Waals surface area (Å²) in [5.41, 5.74) is 0. The fraction of sp³-hybridized carbons (Fsp3) is 0.909. The van der Waals surface area contributed by atoms with Crippen LogP contribution in [0.3, 0.4) is 0 Å². The Balaban J connectivity index is 1.70. The summed E-state index contributed by atoms with van der Waals surface area (Å²) < 4.78 is 0. The highest BCUT2D eigenvalue weighted by Gasteiger charge is 2.27. The molecule has 0 aromatic carbocycles. The van der Waals surface area contributed by atoms with E-state index >= 15 is 0 Å². The van der Waals surface area contributed by atoms with Crippen molar-refractivity contribution in [2.75, 3.05) is 32.7 Å². The predicted octanol–water partition coefficient (Wildman–Crippen LogP) is 1.31. The lowest BCUT2D eigenvalue weighted by atomic mass is 10.1. The molecule has 0 aromatic rings. The Morgan fingerprint density at radius 2 is 1.93 bits per heavy atom. The lowest BCUT2D eigenvalue weighted by Crippen LogP contribution is -2.38. The first-order chi connectivity index (χ1) is 7.25. The molecule has 2 rings (SSSR count). The van der Waals surface area contributed by atoms with E-state index < -0.39 is 0 Å². The monoisotopic (exact) mass is 230 g/mol. The summed E-state index contributed by atoms with van der Waals surface area (Å²) in [4.78, 5) is 15.8. The van der Waals surface area contributed by atoms with Gasteiger partial charge in [-0.2, -0.15) is 0 Å². The first kappa shape index (κ1) is 11.2. The molecule has 2 heterocycles. The van der Waals surface area contributed by atoms with Crippen LogP contribution in [0.25, 0.3) is 0 Å². The van der Waals surface area contributed by atoms with Crippen molar-refractivity contribution >= 4 is 17.5 Å². The van der Waals surface area contributed by atoms with Gasteiger partial charge in [0.15, 0.2) is 0 Å². The SMILES string of the molecule is O=C1CC(Cl)CN1CCN1CCCCC1. The van der Waals surface area contributed by atoms with Crippen LogP contribution in [0, 0.1) is 0 Å². The summed E-state index contributed by atoms with van der Waals surface area (Å²) in [5, 5.41) is 0.0406. The van der Waals surface area contributed by atoms with E-state index in [1.807, 2.05) is 4.90 Å². The van der Waals surface area contributed by atoms with Crippen LogP contribution >= 0.6 is 11.6 Å². The highest BCUT2D eigenvalue weighted by atomic mass is 35.5. The quantitative estimate of drug-likeness (QED) is 0.683. The normalized spacial score (nSPS) is 28.7. The number of hydrogen-bond acceptors (Lipinski definition) is 2. The molecule has 3 nitrogen and oxygen atoms in total. The highest BCUT2D eigenvalue weighted by Crippen LogP contribution is 2.16. The topological polar surface area (TPSA) is 23.6 Å². The minimum Gasteiger partial charge on any atom is -0.340 e. The summed E-state index contributed by atoms with van der Waals surface area (Å²) in [7, 11) is 0. The van der Waals surface area contributed by atoms with E-state index in [1.54, 1.807) is 0 Å². The Morgan fingerprint density at radius 3 is 2.53 bits per heavy atom. The summed E-state index contributed by atoms with van der Waals surface area (Å²) in [5.74, 6) is 0.229. The van der Waals surface area contributed by atoms with E-state index in [0.29, 0.717) is 6.42 Å². The zero-order valence-electron chi connectivity index (χ0n) is 9.12. The number of carbonyl (C=O) groups is 1. The second-order valence-electron chi connectivity index (χ2n) is 4.54. The van der Waals surface area contributed by atoms with E-state index in [2.05, 4.69) is 4.90 Å². The Kier molecular flexibility index (Phi) is 3.87. The molecule has 1 unspecified atom stereocenters. The summed E-state index contributed by atoms with van der Waals surface area (Å²) in [6, 6.07) is 0. The first-order valence-electron chi connectivity index (χ1n) is 5.90. The van der Waals surface area contributed by atoms with Crippen LogP contribution in [0.4, 0.5) is 0 Å². The number of likely N-dealkylation sites (tertiary alicyclic amines) is 2. The largest absolute Gasteiger partial charge is 0.340 e. The van der Waals surface area contributed by atoms with Crippen LogP contribution in [0.15, 0.2) is 0 Å². The maximum atomic E-state index is 11.5. The van der Waals surface area contributed by atoms with Crippen LogP contribution in [-0.2, 0) is 4.79 Å². The average molecular weight is 231 g/mol. The minimum absolute atomic E-state index is 0.0406. The van der Waals surface area contributed by atoms with E-state index in [9.17, 15) is 4.79 Å². The van der Waals surface area contributed by atoms with Crippen molar-refractivity contribution in [1.82, 2.24) is 9.80 Å². The van der Waals surface area contributed by atoms with E-state index in [0.717, 1.165) is 19.6 Å². The third-order valence-electron chi connectivity index (χ3n) is 3.30. The Hall–Kier alpha value is -0.280. The molecule has 15 heavy (non-hydrogen) atoms. The number of rotatable bonds is 3. The molecule has 0 radical (unpaired) electrons. The molecule has 2 aliphatic heterocycles. The Morgan fingerprint density at radius 1 is 1.20 bits per heavy atom. The third-order valence-corrected chi connectivity index (χ3v) is 3.59. The van der Waals surface area contributed by atoms with Crippen molar-refractivity contribution in [2.24, 2.45) is 0 Å². The number of hydrogen-bond donors (Lipinski definition) is 0. The lowest BCUT2D eigenvalue weighted by Gasteiger charge is -2.28. The van der Waals surface area contributed by atoms with Crippen molar-refractivity contribution in [3.63, 3.8) is 0 Å². The molecule has 86 valence electrons. The molecule has 2 fully saturated rings. The molecule has 0 saturated carbocycles. The molecule has 0 aliphatic carbocycles. The Labute approximate surface area is 96.4 Å². The van der Waals surface area contributed by atoms with Gasteiger partial charge in [-0.05, 0) is 25.9 Å². The van der Waals surface area contributed by atoms with Gasteiger partial charge in [0.25, 0.3) is 0 Å². The van der Waals surface area contributed by atoms with Gasteiger partial charge in [0.2, 0.25) is 5.91 Å². The van der Waals surface area contributed by atoms with Crippen LogP contribution < -0.4 is 0 Å². The van der Waals surface area contributed by atoms with E-state index in [4.69, 9.17) is 11.6 Å². The summed E-state index contributed by atoms with van der Waals surface area (Å²) in [6.07, 6.45) is 4.52. The Bertz CT molecular complexity index is 229. The smallest absolute Gasteiger partial charge is 0.224 e. The van der Waals surface area contributed by atoms with Gasteiger partial charge in [-0.25, -0.2) is 0 Å². The lowest BCUT2D eigenvalue weighted by molar-refractivity contribution is -0.127. The highest BCUT2D eigenvalue weighted by molar-refractivity contribution is 6.22. The second kappa shape index (κ2) is 5.17. The van der Waals surface area contributed by atoms with Gasteiger partial charge in [-0.15, -0.1) is 11.6 Å². The maximum Gasteiger partial charge on any atom is 0.224 e. The summed E-state index contributed by atoms with van der Waals surface area (Å²) >= 11 is 5.95. The maximum absolute atomic E-state index is 11.5. The standard InChI is InChI=1S/C11H19ClN2O/c12-10-8-11(15)14(9-10)7-6-13-4-2-1-3-5-13/h10H,1-9H2. The third kappa shape index (κ3) is 3.08. The number of halogens is 1. The molecule has 0 N–H and O–H groups in total. The molecule has 0 bridgehead atoms. The van der Waals surface area contributed by atoms with E-state index in [1.165, 1.54) is 32.4 Å². The zero-order chi connectivity index (χ0) is 10.7. The number of amides is 1. The van der Waals surface area contributed by atoms with Gasteiger partial charge in [0.1, 0.15) is 0 Å². The van der Waals surface area contributed by atoms with Gasteiger partial charge in [0.05, 0.1) is 5.38 Å². The molecule has 2 saturated heterocycles. The molecule has 0 spiro atoms. The van der Waals surface area contributed by atoms with Crippen molar-refractivity contribution in [3.05, 3.63) is 0 Å². The fourth-order valence-electron chi connectivity index (χ4n) is 2.39. The number of alkyl halides is 1. The second-order valence-corrected chi connectivity index (χ2v) is 5.16. The van der Waals surface area contributed by atoms with E-state index in [-0.39, 0.29) is 11.3 Å². The van der Waals surface area contributed by atoms with Crippen LogP contribution in [0.1, 0.15) is 25.7 Å². The molecule has 0 aromatic heterocycles. The minimum atomic E-state index is 0.0406. The van der Waals surface area contributed by atoms with Crippen LogP contribution in [0.5, 0.6) is 0 Å². The first-order valence-corrected chi connectivity index (χ1v) is 6.33. The molecule has 1 amide bonds. The molecule has 2 aliphatic rings. The predicted molar refractivity (Wildman–Crippen MR) is 61.1 cm³/mol. The fourth-order valence-corrected chi connectivity index (χ4v) is 2.68. The van der Waals surface area contributed by atoms with Crippen LogP contribution in [-0.4, -0.2) is 53.8 Å². The molecular formula is C11H19ClN2O. The molecule has 4 heteroatoms. The number of piperidine rings is 1. The van der Waals surface area contributed by atoms with Crippen molar-refractivity contribution in [1.29, 1.82) is 0 Å². The molecular weight excluding hydrogens is 212 g/mol. The molecule has 1 atom stereocenters. The zero-order valence-corrected chi connectivity index (χ0v) is 9.88. The van der Waals surface area contributed by atoms with Gasteiger partial charge in [-0.1, -0.05) is 6.42 Å². The van der Waals surface area contributed by atoms with Gasteiger partial charge < -0.3 is 9.80 Å². The van der Waals surface area contributed by atoms with Gasteiger partial charge >= 0.3 is 0 Å². The van der Waals surface area contributed by atoms with Gasteiger partial charge in [0, 0.05) is 26.1 Å². The number of carbonyl (C=O) groups excluding carboxylic acids is 1. The van der Waals surface area contributed by atoms with Crippen molar-refractivity contribution in [2.45, 2.75) is 31.1 Å². The number of nitrogens with zero attached hydrogens (tertiary/aromatic N) is 2.